The highest BCUT2D eigenvalue weighted by molar-refractivity contribution is 5.83. The highest BCUT2D eigenvalue weighted by Gasteiger charge is 1.99. The third-order valence-corrected chi connectivity index (χ3v) is 10.8. The number of H-pyrrole nitrogens is 3. The number of nitrogens with zero attached hydrogens (tertiary/aromatic N) is 3. The molecule has 0 aliphatic rings. The minimum absolute atomic E-state index is 0. The summed E-state index contributed by atoms with van der Waals surface area (Å²) in [6.07, 6.45) is 60.7. The van der Waals surface area contributed by atoms with Gasteiger partial charge in [0.1, 0.15) is 37.2 Å². The third-order valence-electron chi connectivity index (χ3n) is 10.8. The number of imidazole rings is 3. The van der Waals surface area contributed by atoms with Gasteiger partial charge in [-0.15, -0.1) is 0 Å². The molecule has 0 aliphatic carbocycles. The minimum atomic E-state index is -1.19. The van der Waals surface area contributed by atoms with Crippen molar-refractivity contribution in [1.29, 1.82) is 0 Å². The van der Waals surface area contributed by atoms with Crippen molar-refractivity contribution < 1.29 is 50.5 Å². The Bertz CT molecular complexity index is 1200. The second-order valence-corrected chi connectivity index (χ2v) is 17.2. The van der Waals surface area contributed by atoms with Crippen molar-refractivity contribution in [2.24, 2.45) is 0 Å². The summed E-state index contributed by atoms with van der Waals surface area (Å²) in [7, 11) is 0. The van der Waals surface area contributed by atoms with Gasteiger partial charge in [0.15, 0.2) is 0 Å². The summed E-state index contributed by atoms with van der Waals surface area (Å²) in [6.45, 7) is 19.3. The molecule has 3 aromatic rings. The van der Waals surface area contributed by atoms with Gasteiger partial charge < -0.3 is 36.8 Å². The van der Waals surface area contributed by atoms with Crippen molar-refractivity contribution in [3.05, 3.63) is 80.5 Å². The number of aromatic amines is 3. The first kappa shape index (κ1) is 64.8. The van der Waals surface area contributed by atoms with Gasteiger partial charge in [0, 0.05) is 0 Å². The molecular weight excluding hydrogens is 865 g/mol. The van der Waals surface area contributed by atoms with E-state index in [4.69, 9.17) is 0 Å². The van der Waals surface area contributed by atoms with E-state index >= 15 is 0 Å². The molecule has 0 bridgehead atoms. The Balaban J connectivity index is -0.000000767. The van der Waals surface area contributed by atoms with Crippen LogP contribution in [0.5, 0.6) is 0 Å². The second kappa shape index (κ2) is 52.2. The number of aromatic nitrogens is 6. The molecule has 0 aliphatic heterocycles. The molecule has 0 amide bonds. The molecule has 0 atom stereocenters. The molecule has 0 aromatic carbocycles. The van der Waals surface area contributed by atoms with Gasteiger partial charge in [0.2, 0.25) is 19.0 Å². The summed E-state index contributed by atoms with van der Waals surface area (Å²) in [5, 5.41) is 19.0. The molecule has 64 heavy (non-hydrogen) atoms. The molecule has 11 heteroatoms. The lowest BCUT2D eigenvalue weighted by Crippen LogP contribution is -3.00. The number of carboxylic acids is 2. The van der Waals surface area contributed by atoms with Crippen LogP contribution >= 0.6 is 0 Å². The van der Waals surface area contributed by atoms with E-state index < -0.39 is 11.9 Å². The molecular formula is C53H97BrN6O4. The smallest absolute Gasteiger partial charge is 0.241 e. The van der Waals surface area contributed by atoms with E-state index in [1.54, 1.807) is 0 Å². The lowest BCUT2D eigenvalue weighted by atomic mass is 10.1. The highest BCUT2D eigenvalue weighted by Crippen LogP contribution is 2.12. The van der Waals surface area contributed by atoms with Gasteiger partial charge in [0.25, 0.3) is 0 Å². The number of nitrogens with one attached hydrogen (secondary N) is 3. The van der Waals surface area contributed by atoms with Crippen molar-refractivity contribution in [1.82, 2.24) is 15.0 Å². The van der Waals surface area contributed by atoms with E-state index in [1.165, 1.54) is 226 Å². The average Bonchev–Trinajstić information content (AvgIpc) is 4.10. The van der Waals surface area contributed by atoms with E-state index in [-0.39, 0.29) is 28.1 Å². The van der Waals surface area contributed by atoms with Crippen LogP contribution in [0.4, 0.5) is 0 Å². The van der Waals surface area contributed by atoms with Crippen molar-refractivity contribution in [2.75, 3.05) is 0 Å². The van der Waals surface area contributed by atoms with Crippen molar-refractivity contribution in [3.63, 3.8) is 0 Å². The summed E-state index contributed by atoms with van der Waals surface area (Å²) in [5.74, 6) is -2.37. The largest absolute Gasteiger partial charge is 1.00 e. The maximum absolute atomic E-state index is 9.49. The van der Waals surface area contributed by atoms with Gasteiger partial charge in [-0.25, -0.2) is 13.7 Å². The van der Waals surface area contributed by atoms with Crippen molar-refractivity contribution >= 4 is 11.9 Å². The Hall–Kier alpha value is -3.47. The predicted molar refractivity (Wildman–Crippen MR) is 258 cm³/mol. The molecule has 3 N–H and O–H groups in total. The first-order valence-electron chi connectivity index (χ1n) is 25.4. The lowest BCUT2D eigenvalue weighted by molar-refractivity contribution is -0.696. The fourth-order valence-electron chi connectivity index (χ4n) is 6.72. The number of unbranched alkanes of at least 4 members (excludes halogenated alkanes) is 27. The molecule has 0 fully saturated rings. The summed E-state index contributed by atoms with van der Waals surface area (Å²) in [5.41, 5.74) is 0.130. The zero-order chi connectivity index (χ0) is 46.9. The molecule has 3 heterocycles. The standard InChI is InChI=1S/3C15H28N2.2C4H6O2.BrH/c3*1-2-3-4-5-6-7-8-9-10-11-13-17-14-12-16-15-17;2*1-3(2)4(5)6;/h3*12,14-15H,2-11,13H2,1H3;2*1H2,2H3,(H,5,6);1H. The van der Waals surface area contributed by atoms with Crippen LogP contribution < -0.4 is 40.9 Å². The van der Waals surface area contributed by atoms with E-state index in [0.717, 1.165) is 0 Å². The Morgan fingerprint density at radius 2 is 0.562 bits per heavy atom. The summed E-state index contributed by atoms with van der Waals surface area (Å²) in [6, 6.07) is 0. The molecule has 3 aromatic heterocycles. The van der Waals surface area contributed by atoms with Gasteiger partial charge >= 0.3 is 0 Å². The Morgan fingerprint density at radius 3 is 0.703 bits per heavy atom. The van der Waals surface area contributed by atoms with E-state index in [9.17, 15) is 19.8 Å². The molecule has 3 rings (SSSR count). The maximum atomic E-state index is 9.49. The van der Waals surface area contributed by atoms with E-state index in [2.05, 4.69) is 81.2 Å². The molecule has 370 valence electrons. The second-order valence-electron chi connectivity index (χ2n) is 17.2. The molecule has 0 unspecified atom stereocenters. The lowest BCUT2D eigenvalue weighted by Gasteiger charge is -2.01. The molecule has 0 saturated heterocycles. The highest BCUT2D eigenvalue weighted by atomic mass is 79.9. The van der Waals surface area contributed by atoms with Gasteiger partial charge in [-0.2, -0.15) is 0 Å². The zero-order valence-corrected chi connectivity index (χ0v) is 43.4. The molecule has 0 spiro atoms. The summed E-state index contributed by atoms with van der Waals surface area (Å²) >= 11 is 0. The zero-order valence-electron chi connectivity index (χ0n) is 41.8. The van der Waals surface area contributed by atoms with Crippen LogP contribution in [0.2, 0.25) is 0 Å². The van der Waals surface area contributed by atoms with Gasteiger partial charge in [-0.1, -0.05) is 188 Å². The fraction of sp³-hybridized carbons (Fsp3) is 0.717. The number of aryl methyl sites for hydroxylation is 3. The van der Waals surface area contributed by atoms with Crippen LogP contribution in [0.25, 0.3) is 0 Å². The van der Waals surface area contributed by atoms with Crippen LogP contribution in [0, 0.1) is 0 Å². The van der Waals surface area contributed by atoms with Crippen molar-refractivity contribution in [2.45, 2.75) is 247 Å². The molecule has 0 saturated carbocycles. The predicted octanol–water partition coefficient (Wildman–Crippen LogP) is 8.30. The van der Waals surface area contributed by atoms with Gasteiger partial charge in [-0.3, -0.25) is 15.0 Å². The Labute approximate surface area is 403 Å². The first-order chi connectivity index (χ1) is 30.6. The van der Waals surface area contributed by atoms with Crippen molar-refractivity contribution in [3.8, 4) is 0 Å². The van der Waals surface area contributed by atoms with Crippen LogP contribution in [0.15, 0.2) is 80.5 Å². The van der Waals surface area contributed by atoms with Crippen LogP contribution in [0.1, 0.15) is 227 Å². The number of hydrogen-bond acceptors (Lipinski definition) is 4. The average molecular weight is 962 g/mol. The van der Waals surface area contributed by atoms with Gasteiger partial charge in [0.05, 0.1) is 31.6 Å². The normalized spacial score (nSPS) is 10.1. The number of halogens is 1. The van der Waals surface area contributed by atoms with E-state index in [1.807, 2.05) is 37.6 Å². The van der Waals surface area contributed by atoms with Crippen LogP contribution in [0.3, 0.4) is 0 Å². The maximum Gasteiger partial charge on any atom is 0.241 e. The fourth-order valence-corrected chi connectivity index (χ4v) is 6.72. The SMILES string of the molecule is C=C(C)C(=O)[O-].C=C(C)C(=O)[O-].CCCCCCCCCCCC[n+]1cc[nH]c1.CCCCCCCCCCCC[n+]1cc[nH]c1.CCCCCCCCCCCC[n+]1cc[nH]c1.[Br-]. The molecule has 0 radical (unpaired) electrons. The summed E-state index contributed by atoms with van der Waals surface area (Å²) in [4.78, 5) is 28.2. The number of carbonyl (C=O) groups excluding carboxylic acids is 2. The van der Waals surface area contributed by atoms with Crippen LogP contribution in [-0.2, 0) is 29.2 Å². The van der Waals surface area contributed by atoms with E-state index in [0.29, 0.717) is 0 Å². The number of aliphatic carboxylic acids is 2. The monoisotopic (exact) mass is 961 g/mol. The Morgan fingerprint density at radius 1 is 0.391 bits per heavy atom. The first-order valence-corrected chi connectivity index (χ1v) is 25.4. The number of hydrogen-bond donors (Lipinski definition) is 3. The van der Waals surface area contributed by atoms with Crippen LogP contribution in [-0.4, -0.2) is 26.9 Å². The summed E-state index contributed by atoms with van der Waals surface area (Å²) < 4.78 is 6.68. The number of carboxylic acid groups (broad SMARTS) is 2. The number of rotatable bonds is 35. The number of carbonyl (C=O) groups is 2. The third kappa shape index (κ3) is 51.2. The molecule has 10 nitrogen and oxygen atoms in total. The topological polar surface area (TPSA) is 139 Å². The van der Waals surface area contributed by atoms with Gasteiger partial charge in [-0.05, 0) is 63.5 Å². The minimum Gasteiger partial charge on any atom is -1.00 e. The Kier molecular flexibility index (Phi) is 52.8. The quantitative estimate of drug-likeness (QED) is 0.0310.